The van der Waals surface area contributed by atoms with Crippen molar-refractivity contribution in [2.24, 2.45) is 0 Å². The van der Waals surface area contributed by atoms with Gasteiger partial charge in [-0.25, -0.2) is 4.98 Å². The number of thiazole rings is 1. The zero-order valence-electron chi connectivity index (χ0n) is 13.3. The van der Waals surface area contributed by atoms with Gasteiger partial charge < -0.3 is 5.32 Å². The molecule has 0 spiro atoms. The number of nitrogens with one attached hydrogen (secondary N) is 1. The molecule has 128 valence electrons. The van der Waals surface area contributed by atoms with Crippen molar-refractivity contribution in [1.29, 1.82) is 0 Å². The first-order chi connectivity index (χ1) is 12.1. The van der Waals surface area contributed by atoms with Crippen molar-refractivity contribution in [3.05, 3.63) is 64.1 Å². The van der Waals surface area contributed by atoms with Crippen LogP contribution in [0.1, 0.15) is 17.3 Å². The van der Waals surface area contributed by atoms with Crippen LogP contribution in [0.2, 0.25) is 10.0 Å². The number of thioether (sulfide) groups is 1. The van der Waals surface area contributed by atoms with Gasteiger partial charge in [0.05, 0.1) is 10.6 Å². The summed E-state index contributed by atoms with van der Waals surface area (Å²) in [6.45, 7) is 2.07. The highest BCUT2D eigenvalue weighted by molar-refractivity contribution is 8.01. The molecule has 0 aliphatic rings. The largest absolute Gasteiger partial charge is 0.312 e. The van der Waals surface area contributed by atoms with Crippen LogP contribution in [-0.4, -0.2) is 16.6 Å². The van der Waals surface area contributed by atoms with Gasteiger partial charge in [-0.2, -0.15) is 0 Å². The molecule has 7 heteroatoms. The summed E-state index contributed by atoms with van der Waals surface area (Å²) >= 11 is 15.1. The summed E-state index contributed by atoms with van der Waals surface area (Å²) in [6.07, 6.45) is 0. The standard InChI is InChI=1S/C18H14Cl2N2OS2/c1-2-24-18-21-15(11-6-4-3-5-7-11)17(25-18)22-16(23)13-9-8-12(19)10-14(13)20/h3-10H,2H2,1H3,(H,22,23). The van der Waals surface area contributed by atoms with Crippen LogP contribution in [0, 0.1) is 0 Å². The Hall–Kier alpha value is -1.53. The average Bonchev–Trinajstić information content (AvgIpc) is 2.98. The molecule has 0 saturated carbocycles. The normalized spacial score (nSPS) is 10.7. The lowest BCUT2D eigenvalue weighted by molar-refractivity contribution is 0.102. The van der Waals surface area contributed by atoms with E-state index >= 15 is 0 Å². The fraction of sp³-hybridized carbons (Fsp3) is 0.111. The molecule has 1 N–H and O–H groups in total. The third-order valence-corrected chi connectivity index (χ3v) is 5.87. The van der Waals surface area contributed by atoms with Crippen LogP contribution in [0.15, 0.2) is 52.9 Å². The van der Waals surface area contributed by atoms with E-state index in [9.17, 15) is 4.79 Å². The van der Waals surface area contributed by atoms with E-state index in [0.29, 0.717) is 20.6 Å². The van der Waals surface area contributed by atoms with Crippen molar-refractivity contribution >= 4 is 57.2 Å². The third-order valence-electron chi connectivity index (χ3n) is 3.33. The van der Waals surface area contributed by atoms with E-state index in [1.165, 1.54) is 11.3 Å². The predicted octanol–water partition coefficient (Wildman–Crippen LogP) is 6.48. The molecule has 1 amide bonds. The molecular formula is C18H14Cl2N2OS2. The van der Waals surface area contributed by atoms with Gasteiger partial charge in [-0.3, -0.25) is 4.79 Å². The number of carbonyl (C=O) groups is 1. The Morgan fingerprint density at radius 2 is 1.96 bits per heavy atom. The first kappa shape index (κ1) is 18.3. The second-order valence-corrected chi connectivity index (χ2v) is 8.39. The van der Waals surface area contributed by atoms with Crippen LogP contribution in [-0.2, 0) is 0 Å². The molecule has 2 aromatic carbocycles. The van der Waals surface area contributed by atoms with E-state index in [0.717, 1.165) is 21.3 Å². The summed E-state index contributed by atoms with van der Waals surface area (Å²) in [6, 6.07) is 14.6. The Bertz CT molecular complexity index is 897. The van der Waals surface area contributed by atoms with Gasteiger partial charge in [0.1, 0.15) is 10.7 Å². The number of anilines is 1. The summed E-state index contributed by atoms with van der Waals surface area (Å²) in [5.74, 6) is 0.633. The lowest BCUT2D eigenvalue weighted by Gasteiger charge is -2.07. The highest BCUT2D eigenvalue weighted by Gasteiger charge is 2.18. The molecule has 1 heterocycles. The number of aromatic nitrogens is 1. The van der Waals surface area contributed by atoms with Crippen LogP contribution < -0.4 is 5.32 Å². The van der Waals surface area contributed by atoms with E-state index < -0.39 is 0 Å². The topological polar surface area (TPSA) is 42.0 Å². The minimum atomic E-state index is -0.282. The Morgan fingerprint density at radius 1 is 1.20 bits per heavy atom. The number of hydrogen-bond acceptors (Lipinski definition) is 4. The number of carbonyl (C=O) groups excluding carboxylic acids is 1. The van der Waals surface area contributed by atoms with Gasteiger partial charge >= 0.3 is 0 Å². The molecule has 0 atom stereocenters. The molecule has 0 unspecified atom stereocenters. The Balaban J connectivity index is 1.94. The van der Waals surface area contributed by atoms with Crippen LogP contribution >= 0.6 is 46.3 Å². The Morgan fingerprint density at radius 3 is 2.64 bits per heavy atom. The van der Waals surface area contributed by atoms with Gasteiger partial charge in [0, 0.05) is 10.6 Å². The fourth-order valence-electron chi connectivity index (χ4n) is 2.21. The maximum Gasteiger partial charge on any atom is 0.257 e. The minimum absolute atomic E-state index is 0.282. The average molecular weight is 409 g/mol. The Kier molecular flexibility index (Phi) is 6.02. The monoisotopic (exact) mass is 408 g/mol. The maximum atomic E-state index is 12.6. The minimum Gasteiger partial charge on any atom is -0.312 e. The molecule has 0 aliphatic heterocycles. The van der Waals surface area contributed by atoms with E-state index in [-0.39, 0.29) is 5.91 Å². The predicted molar refractivity (Wildman–Crippen MR) is 108 cm³/mol. The zero-order chi connectivity index (χ0) is 17.8. The second kappa shape index (κ2) is 8.23. The van der Waals surface area contributed by atoms with E-state index in [1.54, 1.807) is 30.0 Å². The zero-order valence-corrected chi connectivity index (χ0v) is 16.4. The van der Waals surface area contributed by atoms with Crippen LogP contribution in [0.5, 0.6) is 0 Å². The number of rotatable bonds is 5. The van der Waals surface area contributed by atoms with Crippen molar-refractivity contribution < 1.29 is 4.79 Å². The highest BCUT2D eigenvalue weighted by Crippen LogP contribution is 2.38. The van der Waals surface area contributed by atoms with E-state index in [4.69, 9.17) is 23.2 Å². The van der Waals surface area contributed by atoms with Crippen LogP contribution in [0.25, 0.3) is 11.3 Å². The van der Waals surface area contributed by atoms with Gasteiger partial charge in [0.2, 0.25) is 0 Å². The lowest BCUT2D eigenvalue weighted by atomic mass is 10.1. The van der Waals surface area contributed by atoms with Gasteiger partial charge in [0.15, 0.2) is 4.34 Å². The maximum absolute atomic E-state index is 12.6. The SMILES string of the molecule is CCSc1nc(-c2ccccc2)c(NC(=O)c2ccc(Cl)cc2Cl)s1. The number of amides is 1. The van der Waals surface area contributed by atoms with Gasteiger partial charge in [-0.05, 0) is 24.0 Å². The molecule has 0 aliphatic carbocycles. The first-order valence-corrected chi connectivity index (χ1v) is 10.1. The van der Waals surface area contributed by atoms with Gasteiger partial charge in [0.25, 0.3) is 5.91 Å². The third kappa shape index (κ3) is 4.36. The smallest absolute Gasteiger partial charge is 0.257 e. The molecule has 3 nitrogen and oxygen atoms in total. The molecular weight excluding hydrogens is 395 g/mol. The van der Waals surface area contributed by atoms with E-state index in [2.05, 4.69) is 17.2 Å². The second-order valence-electron chi connectivity index (χ2n) is 5.03. The molecule has 3 rings (SSSR count). The molecule has 0 fully saturated rings. The summed E-state index contributed by atoms with van der Waals surface area (Å²) in [5, 5.41) is 4.46. The van der Waals surface area contributed by atoms with Gasteiger partial charge in [-0.15, -0.1) is 0 Å². The number of hydrogen-bond donors (Lipinski definition) is 1. The van der Waals surface area contributed by atoms with Crippen molar-refractivity contribution in [3.8, 4) is 11.3 Å². The number of nitrogens with zero attached hydrogens (tertiary/aromatic N) is 1. The number of halogens is 2. The molecule has 25 heavy (non-hydrogen) atoms. The van der Waals surface area contributed by atoms with Crippen molar-refractivity contribution in [3.63, 3.8) is 0 Å². The van der Waals surface area contributed by atoms with Crippen molar-refractivity contribution in [2.45, 2.75) is 11.3 Å². The summed E-state index contributed by atoms with van der Waals surface area (Å²) in [7, 11) is 0. The van der Waals surface area contributed by atoms with Crippen molar-refractivity contribution in [2.75, 3.05) is 11.1 Å². The quantitative estimate of drug-likeness (QED) is 0.491. The summed E-state index contributed by atoms with van der Waals surface area (Å²) < 4.78 is 0.916. The summed E-state index contributed by atoms with van der Waals surface area (Å²) in [5.41, 5.74) is 2.10. The molecule has 1 aromatic heterocycles. The van der Waals surface area contributed by atoms with E-state index in [1.807, 2.05) is 30.3 Å². The van der Waals surface area contributed by atoms with Crippen LogP contribution in [0.3, 0.4) is 0 Å². The molecule has 0 saturated heterocycles. The fourth-order valence-corrected chi connectivity index (χ4v) is 4.66. The van der Waals surface area contributed by atoms with Gasteiger partial charge in [-0.1, -0.05) is 83.6 Å². The molecule has 0 radical (unpaired) electrons. The summed E-state index contributed by atoms with van der Waals surface area (Å²) in [4.78, 5) is 17.3. The van der Waals surface area contributed by atoms with Crippen molar-refractivity contribution in [1.82, 2.24) is 4.98 Å². The lowest BCUT2D eigenvalue weighted by Crippen LogP contribution is -2.12. The highest BCUT2D eigenvalue weighted by atomic mass is 35.5. The Labute approximate surface area is 164 Å². The number of benzene rings is 2. The van der Waals surface area contributed by atoms with Crippen LogP contribution in [0.4, 0.5) is 5.00 Å². The first-order valence-electron chi connectivity index (χ1n) is 7.54. The molecule has 3 aromatic rings. The molecule has 0 bridgehead atoms.